The minimum Gasteiger partial charge on any atom is -0.379 e. The minimum atomic E-state index is 0.230. The molecule has 1 aliphatic carbocycles. The molecule has 0 N–H and O–H groups in total. The third-order valence-corrected chi connectivity index (χ3v) is 5.71. The Kier molecular flexibility index (Phi) is 7.91. The predicted octanol–water partition coefficient (Wildman–Crippen LogP) is 3.83. The Bertz CT molecular complexity index is 602. The summed E-state index contributed by atoms with van der Waals surface area (Å²) in [7, 11) is 0. The van der Waals surface area contributed by atoms with Gasteiger partial charge >= 0.3 is 0 Å². The van der Waals surface area contributed by atoms with Crippen LogP contribution in [0.1, 0.15) is 44.6 Å². The summed E-state index contributed by atoms with van der Waals surface area (Å²) in [6.45, 7) is 8.20. The summed E-state index contributed by atoms with van der Waals surface area (Å²) in [5.74, 6) is 0.594. The van der Waals surface area contributed by atoms with Gasteiger partial charge in [0.15, 0.2) is 0 Å². The number of carbonyl (C=O) groups is 1. The van der Waals surface area contributed by atoms with E-state index in [-0.39, 0.29) is 5.92 Å². The quantitative estimate of drug-likeness (QED) is 0.731. The monoisotopic (exact) mass is 370 g/mol. The first-order valence-electron chi connectivity index (χ1n) is 10.5. The molecule has 0 unspecified atom stereocenters. The van der Waals surface area contributed by atoms with Crippen LogP contribution in [0.3, 0.4) is 0 Å². The summed E-state index contributed by atoms with van der Waals surface area (Å²) in [6, 6.07) is 10.4. The Morgan fingerprint density at radius 1 is 1.15 bits per heavy atom. The summed E-state index contributed by atoms with van der Waals surface area (Å²) in [5.41, 5.74) is 2.44. The average Bonchev–Trinajstić information content (AvgIpc) is 2.72. The predicted molar refractivity (Wildman–Crippen MR) is 111 cm³/mol. The first-order valence-corrected chi connectivity index (χ1v) is 10.5. The van der Waals surface area contributed by atoms with Crippen LogP contribution < -0.4 is 0 Å². The van der Waals surface area contributed by atoms with E-state index in [0.717, 1.165) is 58.8 Å². The van der Waals surface area contributed by atoms with Gasteiger partial charge in [-0.05, 0) is 25.3 Å². The molecule has 1 aromatic rings. The van der Waals surface area contributed by atoms with Gasteiger partial charge in [-0.2, -0.15) is 0 Å². The topological polar surface area (TPSA) is 32.8 Å². The number of rotatable bonds is 7. The third kappa shape index (κ3) is 6.47. The fourth-order valence-corrected chi connectivity index (χ4v) is 4.14. The lowest BCUT2D eigenvalue weighted by Gasteiger charge is -2.33. The van der Waals surface area contributed by atoms with Crippen molar-refractivity contribution in [3.05, 3.63) is 41.5 Å². The Labute approximate surface area is 164 Å². The highest BCUT2D eigenvalue weighted by molar-refractivity contribution is 5.79. The second-order valence-corrected chi connectivity index (χ2v) is 7.95. The van der Waals surface area contributed by atoms with Gasteiger partial charge in [0, 0.05) is 38.6 Å². The first kappa shape index (κ1) is 20.1. The maximum absolute atomic E-state index is 13.2. The van der Waals surface area contributed by atoms with Gasteiger partial charge in [0.2, 0.25) is 5.91 Å². The van der Waals surface area contributed by atoms with E-state index in [0.29, 0.717) is 5.91 Å². The van der Waals surface area contributed by atoms with Crippen molar-refractivity contribution in [2.45, 2.75) is 39.0 Å². The van der Waals surface area contributed by atoms with Crippen molar-refractivity contribution in [3.8, 4) is 0 Å². The molecule has 0 aromatic heterocycles. The number of hydrogen-bond acceptors (Lipinski definition) is 3. The van der Waals surface area contributed by atoms with Crippen molar-refractivity contribution in [1.29, 1.82) is 0 Å². The molecule has 1 heterocycles. The SMILES string of the molecule is C/C(=C\c1ccccc1)CN(CCN1CCOCC1)C(=O)C1CCCCC1. The fraction of sp³-hybridized carbons (Fsp3) is 0.609. The van der Waals surface area contributed by atoms with Crippen LogP contribution in [0.15, 0.2) is 35.9 Å². The largest absolute Gasteiger partial charge is 0.379 e. The highest BCUT2D eigenvalue weighted by Gasteiger charge is 2.26. The molecule has 1 saturated carbocycles. The number of benzene rings is 1. The van der Waals surface area contributed by atoms with Gasteiger partial charge < -0.3 is 9.64 Å². The van der Waals surface area contributed by atoms with Gasteiger partial charge in [-0.15, -0.1) is 0 Å². The summed E-state index contributed by atoms with van der Waals surface area (Å²) in [5, 5.41) is 0. The number of carbonyl (C=O) groups excluding carboxylic acids is 1. The van der Waals surface area contributed by atoms with Gasteiger partial charge in [-0.25, -0.2) is 0 Å². The van der Waals surface area contributed by atoms with Crippen LogP contribution in [0.25, 0.3) is 6.08 Å². The zero-order valence-electron chi connectivity index (χ0n) is 16.7. The van der Waals surface area contributed by atoms with Gasteiger partial charge in [0.05, 0.1) is 13.2 Å². The average molecular weight is 371 g/mol. The Morgan fingerprint density at radius 2 is 1.85 bits per heavy atom. The van der Waals surface area contributed by atoms with E-state index in [9.17, 15) is 4.79 Å². The highest BCUT2D eigenvalue weighted by atomic mass is 16.5. The zero-order valence-corrected chi connectivity index (χ0v) is 16.7. The molecule has 27 heavy (non-hydrogen) atoms. The third-order valence-electron chi connectivity index (χ3n) is 5.71. The van der Waals surface area contributed by atoms with Crippen LogP contribution in [0.5, 0.6) is 0 Å². The number of ether oxygens (including phenoxy) is 1. The summed E-state index contributed by atoms with van der Waals surface area (Å²) in [4.78, 5) is 17.7. The molecule has 4 nitrogen and oxygen atoms in total. The van der Waals surface area contributed by atoms with E-state index >= 15 is 0 Å². The van der Waals surface area contributed by atoms with Crippen LogP contribution >= 0.6 is 0 Å². The molecule has 0 spiro atoms. The number of amides is 1. The van der Waals surface area contributed by atoms with Crippen molar-refractivity contribution in [1.82, 2.24) is 9.80 Å². The van der Waals surface area contributed by atoms with Crippen molar-refractivity contribution >= 4 is 12.0 Å². The summed E-state index contributed by atoms with van der Waals surface area (Å²) < 4.78 is 5.45. The zero-order chi connectivity index (χ0) is 18.9. The van der Waals surface area contributed by atoms with E-state index in [1.165, 1.54) is 30.4 Å². The Balaban J connectivity index is 1.63. The molecule has 1 aliphatic heterocycles. The molecule has 1 saturated heterocycles. The molecule has 0 atom stereocenters. The molecular weight excluding hydrogens is 336 g/mol. The lowest BCUT2D eigenvalue weighted by atomic mass is 9.88. The number of morpholine rings is 1. The van der Waals surface area contributed by atoms with Gasteiger partial charge in [0.1, 0.15) is 0 Å². The minimum absolute atomic E-state index is 0.230. The Hall–Kier alpha value is -1.65. The van der Waals surface area contributed by atoms with Crippen molar-refractivity contribution in [3.63, 3.8) is 0 Å². The molecule has 0 radical (unpaired) electrons. The van der Waals surface area contributed by atoms with Gasteiger partial charge in [-0.1, -0.05) is 61.2 Å². The molecule has 1 aromatic carbocycles. The summed E-state index contributed by atoms with van der Waals surface area (Å²) >= 11 is 0. The van der Waals surface area contributed by atoms with Crippen molar-refractivity contribution < 1.29 is 9.53 Å². The van der Waals surface area contributed by atoms with E-state index < -0.39 is 0 Å². The second kappa shape index (κ2) is 10.6. The number of nitrogens with zero attached hydrogens (tertiary/aromatic N) is 2. The fourth-order valence-electron chi connectivity index (χ4n) is 4.14. The van der Waals surface area contributed by atoms with Gasteiger partial charge in [-0.3, -0.25) is 9.69 Å². The van der Waals surface area contributed by atoms with E-state index in [1.54, 1.807) is 0 Å². The maximum Gasteiger partial charge on any atom is 0.226 e. The lowest BCUT2D eigenvalue weighted by Crippen LogP contribution is -2.45. The summed E-state index contributed by atoms with van der Waals surface area (Å²) in [6.07, 6.45) is 8.02. The Morgan fingerprint density at radius 3 is 2.56 bits per heavy atom. The highest BCUT2D eigenvalue weighted by Crippen LogP contribution is 2.26. The van der Waals surface area contributed by atoms with Crippen LogP contribution in [-0.4, -0.2) is 61.6 Å². The standard InChI is InChI=1S/C23H34N2O2/c1-20(18-21-8-4-2-5-9-21)19-25(13-12-24-14-16-27-17-15-24)23(26)22-10-6-3-7-11-22/h2,4-5,8-9,18,22H,3,6-7,10-17,19H2,1H3/b20-18+. The lowest BCUT2D eigenvalue weighted by molar-refractivity contribution is -0.136. The van der Waals surface area contributed by atoms with Crippen LogP contribution in [0, 0.1) is 5.92 Å². The van der Waals surface area contributed by atoms with Crippen LogP contribution in [0.2, 0.25) is 0 Å². The molecule has 2 aliphatic rings. The maximum atomic E-state index is 13.2. The number of hydrogen-bond donors (Lipinski definition) is 0. The smallest absolute Gasteiger partial charge is 0.226 e. The van der Waals surface area contributed by atoms with Gasteiger partial charge in [0.25, 0.3) is 0 Å². The first-order chi connectivity index (χ1) is 13.2. The van der Waals surface area contributed by atoms with Crippen LogP contribution in [-0.2, 0) is 9.53 Å². The normalized spacial score (nSPS) is 19.8. The molecule has 0 bridgehead atoms. The molecule has 4 heteroatoms. The van der Waals surface area contributed by atoms with E-state index in [2.05, 4.69) is 47.1 Å². The van der Waals surface area contributed by atoms with E-state index in [1.807, 2.05) is 6.07 Å². The molecule has 148 valence electrons. The van der Waals surface area contributed by atoms with Crippen molar-refractivity contribution in [2.24, 2.45) is 5.92 Å². The molecule has 1 amide bonds. The van der Waals surface area contributed by atoms with Crippen LogP contribution in [0.4, 0.5) is 0 Å². The molecule has 2 fully saturated rings. The van der Waals surface area contributed by atoms with Crippen molar-refractivity contribution in [2.75, 3.05) is 45.9 Å². The molecule has 3 rings (SSSR count). The second-order valence-electron chi connectivity index (χ2n) is 7.95. The van der Waals surface area contributed by atoms with E-state index in [4.69, 9.17) is 4.74 Å². The molecular formula is C23H34N2O2.